The molecule has 1 unspecified atom stereocenters. The molecule has 0 N–H and O–H groups in total. The zero-order valence-electron chi connectivity index (χ0n) is 19.2. The van der Waals surface area contributed by atoms with Crippen LogP contribution in [0.1, 0.15) is 89.8 Å². The third kappa shape index (κ3) is 9.55. The highest BCUT2D eigenvalue weighted by Gasteiger charge is 2.10. The van der Waals surface area contributed by atoms with Gasteiger partial charge in [0, 0.05) is 13.1 Å². The van der Waals surface area contributed by atoms with Gasteiger partial charge in [-0.1, -0.05) is 115 Å². The molecule has 0 fully saturated rings. The monoisotopic (exact) mass is 381 g/mol. The highest BCUT2D eigenvalue weighted by molar-refractivity contribution is 5.25. The van der Waals surface area contributed by atoms with E-state index in [1.165, 1.54) is 48.9 Å². The Kier molecular flexibility index (Phi) is 12.6. The van der Waals surface area contributed by atoms with Crippen LogP contribution in [0.5, 0.6) is 0 Å². The second-order valence-electron chi connectivity index (χ2n) is 8.13. The molecule has 0 heterocycles. The first-order valence-electron chi connectivity index (χ1n) is 11.4. The lowest BCUT2D eigenvalue weighted by Gasteiger charge is -2.24. The van der Waals surface area contributed by atoms with E-state index in [4.69, 9.17) is 0 Å². The number of unbranched alkanes of at least 4 members (excludes halogenated alkanes) is 1. The van der Waals surface area contributed by atoms with E-state index in [1.54, 1.807) is 0 Å². The molecule has 0 radical (unpaired) electrons. The maximum Gasteiger partial charge on any atom is 0.0237 e. The van der Waals surface area contributed by atoms with Gasteiger partial charge in [-0.25, -0.2) is 0 Å². The van der Waals surface area contributed by atoms with Crippen molar-refractivity contribution in [3.63, 3.8) is 0 Å². The summed E-state index contributed by atoms with van der Waals surface area (Å²) in [6.07, 6.45) is 5.31. The fourth-order valence-electron chi connectivity index (χ4n) is 3.42. The number of benzene rings is 2. The summed E-state index contributed by atoms with van der Waals surface area (Å²) in [5.41, 5.74) is 4.26. The molecule has 0 saturated carbocycles. The summed E-state index contributed by atoms with van der Waals surface area (Å²) < 4.78 is 0. The van der Waals surface area contributed by atoms with Gasteiger partial charge in [0.05, 0.1) is 0 Å². The summed E-state index contributed by atoms with van der Waals surface area (Å²) in [6.45, 7) is 16.5. The Labute approximate surface area is 175 Å². The van der Waals surface area contributed by atoms with Gasteiger partial charge in [0.2, 0.25) is 0 Å². The van der Waals surface area contributed by atoms with E-state index in [1.807, 2.05) is 13.8 Å². The molecule has 1 heteroatoms. The van der Waals surface area contributed by atoms with Crippen molar-refractivity contribution in [1.29, 1.82) is 0 Å². The lowest BCUT2D eigenvalue weighted by atomic mass is 9.99. The Morgan fingerprint density at radius 2 is 1.32 bits per heavy atom. The SMILES string of the molecule is CC.CCCCC(C)CCN(Cc1ccccc1)Cc1ccc(C(C)C)cc1. The minimum atomic E-state index is 0.601. The Hall–Kier alpha value is -1.60. The van der Waals surface area contributed by atoms with Gasteiger partial charge in [0.1, 0.15) is 0 Å². The second-order valence-corrected chi connectivity index (χ2v) is 8.13. The molecule has 0 amide bonds. The lowest BCUT2D eigenvalue weighted by molar-refractivity contribution is 0.235. The fourth-order valence-corrected chi connectivity index (χ4v) is 3.42. The van der Waals surface area contributed by atoms with E-state index in [2.05, 4.69) is 87.2 Å². The molecular weight excluding hydrogens is 338 g/mol. The number of nitrogens with zero attached hydrogens (tertiary/aromatic N) is 1. The summed E-state index contributed by atoms with van der Waals surface area (Å²) in [4.78, 5) is 2.61. The number of hydrogen-bond acceptors (Lipinski definition) is 1. The molecule has 1 nitrogen and oxygen atoms in total. The van der Waals surface area contributed by atoms with Crippen LogP contribution in [0.25, 0.3) is 0 Å². The van der Waals surface area contributed by atoms with Crippen molar-refractivity contribution in [2.45, 2.75) is 86.2 Å². The Morgan fingerprint density at radius 1 is 0.750 bits per heavy atom. The molecule has 0 aliphatic heterocycles. The Balaban J connectivity index is 0.00000190. The molecule has 0 aliphatic carbocycles. The van der Waals surface area contributed by atoms with Crippen LogP contribution in [-0.4, -0.2) is 11.4 Å². The molecule has 156 valence electrons. The van der Waals surface area contributed by atoms with Crippen LogP contribution in [0, 0.1) is 5.92 Å². The molecule has 0 aliphatic rings. The molecular formula is C27H43N. The van der Waals surface area contributed by atoms with E-state index in [0.717, 1.165) is 19.0 Å². The smallest absolute Gasteiger partial charge is 0.0237 e. The highest BCUT2D eigenvalue weighted by atomic mass is 15.1. The van der Waals surface area contributed by atoms with Crippen LogP contribution in [0.3, 0.4) is 0 Å². The zero-order valence-corrected chi connectivity index (χ0v) is 19.2. The molecule has 0 aromatic heterocycles. The maximum atomic E-state index is 2.61. The maximum absolute atomic E-state index is 2.61. The lowest BCUT2D eigenvalue weighted by Crippen LogP contribution is -2.25. The summed E-state index contributed by atoms with van der Waals surface area (Å²) in [5, 5.41) is 0. The standard InChI is InChI=1S/C25H37N.C2H6/c1-5-6-10-22(4)17-18-26(19-23-11-8-7-9-12-23)20-24-13-15-25(16-14-24)21(2)3;1-2/h7-9,11-16,21-22H,5-6,10,17-20H2,1-4H3;1-2H3. The van der Waals surface area contributed by atoms with Gasteiger partial charge in [-0.05, 0) is 41.5 Å². The predicted molar refractivity (Wildman–Crippen MR) is 126 cm³/mol. The molecule has 2 aromatic rings. The van der Waals surface area contributed by atoms with E-state index < -0.39 is 0 Å². The summed E-state index contributed by atoms with van der Waals surface area (Å²) >= 11 is 0. The van der Waals surface area contributed by atoms with Crippen molar-refractivity contribution in [2.24, 2.45) is 5.92 Å². The average Bonchev–Trinajstić information content (AvgIpc) is 2.73. The Morgan fingerprint density at radius 3 is 1.86 bits per heavy atom. The minimum Gasteiger partial charge on any atom is -0.295 e. The van der Waals surface area contributed by atoms with Crippen molar-refractivity contribution in [3.05, 3.63) is 71.3 Å². The average molecular weight is 382 g/mol. The summed E-state index contributed by atoms with van der Waals surface area (Å²) in [7, 11) is 0. The van der Waals surface area contributed by atoms with Gasteiger partial charge >= 0.3 is 0 Å². The van der Waals surface area contributed by atoms with Crippen LogP contribution in [-0.2, 0) is 13.1 Å². The zero-order chi connectivity index (χ0) is 20.8. The highest BCUT2D eigenvalue weighted by Crippen LogP contribution is 2.18. The summed E-state index contributed by atoms with van der Waals surface area (Å²) in [6, 6.07) is 20.1. The van der Waals surface area contributed by atoms with Crippen molar-refractivity contribution in [3.8, 4) is 0 Å². The van der Waals surface area contributed by atoms with Crippen LogP contribution in [0.15, 0.2) is 54.6 Å². The topological polar surface area (TPSA) is 3.24 Å². The van der Waals surface area contributed by atoms with Crippen LogP contribution < -0.4 is 0 Å². The second kappa shape index (κ2) is 14.4. The molecule has 0 saturated heterocycles. The van der Waals surface area contributed by atoms with Gasteiger partial charge < -0.3 is 0 Å². The van der Waals surface area contributed by atoms with E-state index in [-0.39, 0.29) is 0 Å². The number of rotatable bonds is 11. The summed E-state index contributed by atoms with van der Waals surface area (Å²) in [5.74, 6) is 1.42. The van der Waals surface area contributed by atoms with E-state index in [0.29, 0.717) is 5.92 Å². The third-order valence-electron chi connectivity index (χ3n) is 5.29. The fraction of sp³-hybridized carbons (Fsp3) is 0.556. The molecule has 2 rings (SSSR count). The van der Waals surface area contributed by atoms with E-state index in [9.17, 15) is 0 Å². The van der Waals surface area contributed by atoms with Crippen molar-refractivity contribution < 1.29 is 0 Å². The Bertz CT molecular complexity index is 600. The first kappa shape index (κ1) is 24.4. The largest absolute Gasteiger partial charge is 0.295 e. The first-order valence-corrected chi connectivity index (χ1v) is 11.4. The van der Waals surface area contributed by atoms with Crippen molar-refractivity contribution in [1.82, 2.24) is 4.90 Å². The van der Waals surface area contributed by atoms with Crippen LogP contribution >= 0.6 is 0 Å². The third-order valence-corrected chi connectivity index (χ3v) is 5.29. The van der Waals surface area contributed by atoms with Gasteiger partial charge in [0.25, 0.3) is 0 Å². The van der Waals surface area contributed by atoms with Crippen molar-refractivity contribution in [2.75, 3.05) is 6.54 Å². The molecule has 1 atom stereocenters. The number of hydrogen-bond donors (Lipinski definition) is 0. The minimum absolute atomic E-state index is 0.601. The normalized spacial score (nSPS) is 12.0. The van der Waals surface area contributed by atoms with Crippen LogP contribution in [0.4, 0.5) is 0 Å². The van der Waals surface area contributed by atoms with Gasteiger partial charge in [-0.15, -0.1) is 0 Å². The molecule has 0 bridgehead atoms. The quantitative estimate of drug-likeness (QED) is 0.380. The van der Waals surface area contributed by atoms with Crippen molar-refractivity contribution >= 4 is 0 Å². The van der Waals surface area contributed by atoms with Gasteiger partial charge in [-0.2, -0.15) is 0 Å². The molecule has 28 heavy (non-hydrogen) atoms. The molecule has 2 aromatic carbocycles. The molecule has 0 spiro atoms. The van der Waals surface area contributed by atoms with Gasteiger partial charge in [-0.3, -0.25) is 4.90 Å². The predicted octanol–water partition coefficient (Wildman–Crippen LogP) is 8.05. The van der Waals surface area contributed by atoms with Crippen LogP contribution in [0.2, 0.25) is 0 Å². The van der Waals surface area contributed by atoms with Gasteiger partial charge in [0.15, 0.2) is 0 Å². The van der Waals surface area contributed by atoms with E-state index >= 15 is 0 Å². The first-order chi connectivity index (χ1) is 13.6.